The lowest BCUT2D eigenvalue weighted by Gasteiger charge is -2.26. The molecule has 1 aliphatic rings. The zero-order valence-electron chi connectivity index (χ0n) is 20.9. The van der Waals surface area contributed by atoms with Crippen LogP contribution in [0.1, 0.15) is 30.0 Å². The van der Waals surface area contributed by atoms with Crippen molar-refractivity contribution in [3.8, 4) is 11.3 Å². The molecule has 5 aromatic rings. The molecule has 1 fully saturated rings. The summed E-state index contributed by atoms with van der Waals surface area (Å²) in [6.07, 6.45) is 1.96. The topological polar surface area (TPSA) is 70.4 Å². The van der Waals surface area contributed by atoms with Crippen LogP contribution in [0.2, 0.25) is 0 Å². The largest absolute Gasteiger partial charge is 0.459 e. The van der Waals surface area contributed by atoms with Gasteiger partial charge in [-0.1, -0.05) is 42.5 Å². The molecule has 0 radical (unpaired) electrons. The molecule has 0 unspecified atom stereocenters. The lowest BCUT2D eigenvalue weighted by molar-refractivity contribution is -0.116. The third-order valence-corrected chi connectivity index (χ3v) is 7.24. The molecule has 0 bridgehead atoms. The Bertz CT molecular complexity index is 1630. The Kier molecular flexibility index (Phi) is 6.77. The van der Waals surface area contributed by atoms with Gasteiger partial charge in [-0.05, 0) is 72.2 Å². The maximum absolute atomic E-state index is 13.5. The Morgan fingerprint density at radius 1 is 0.974 bits per heavy atom. The smallest absolute Gasteiger partial charge is 0.226 e. The first-order valence-corrected chi connectivity index (χ1v) is 13.1. The van der Waals surface area contributed by atoms with Gasteiger partial charge < -0.3 is 20.0 Å². The summed E-state index contributed by atoms with van der Waals surface area (Å²) in [4.78, 5) is 19.6. The highest BCUT2D eigenvalue weighted by Crippen LogP contribution is 2.40. The number of aromatic nitrogens is 1. The van der Waals surface area contributed by atoms with Gasteiger partial charge in [0.1, 0.15) is 23.4 Å². The molecule has 3 aromatic carbocycles. The van der Waals surface area contributed by atoms with Crippen molar-refractivity contribution in [1.29, 1.82) is 0 Å². The molecule has 1 aliphatic heterocycles. The number of nitrogens with zero attached hydrogens (tertiary/aromatic N) is 2. The molecule has 3 heterocycles. The highest BCUT2D eigenvalue weighted by molar-refractivity contribution is 7.80. The van der Waals surface area contributed by atoms with Crippen molar-refractivity contribution in [1.82, 2.24) is 15.2 Å². The number of pyridine rings is 1. The van der Waals surface area contributed by atoms with Crippen molar-refractivity contribution < 1.29 is 13.6 Å². The number of rotatable bonds is 7. The summed E-state index contributed by atoms with van der Waals surface area (Å²) in [5, 5.41) is 9.01. The fourth-order valence-electron chi connectivity index (χ4n) is 5.01. The number of carbonyl (C=O) groups excluding carboxylic acids is 1. The van der Waals surface area contributed by atoms with Crippen LogP contribution in [0.4, 0.5) is 10.1 Å². The molecule has 2 aromatic heterocycles. The van der Waals surface area contributed by atoms with Crippen molar-refractivity contribution in [2.24, 2.45) is 0 Å². The summed E-state index contributed by atoms with van der Waals surface area (Å²) in [6, 6.07) is 28.9. The van der Waals surface area contributed by atoms with E-state index in [0.29, 0.717) is 23.2 Å². The van der Waals surface area contributed by atoms with Gasteiger partial charge in [0.15, 0.2) is 5.11 Å². The summed E-state index contributed by atoms with van der Waals surface area (Å²) in [5.74, 6) is 0.878. The number of amides is 1. The average Bonchev–Trinajstić information content (AvgIpc) is 3.57. The van der Waals surface area contributed by atoms with Crippen LogP contribution in [-0.2, 0) is 4.79 Å². The molecule has 0 aliphatic carbocycles. The molecule has 1 amide bonds. The molecule has 194 valence electrons. The molecule has 8 heteroatoms. The van der Waals surface area contributed by atoms with Gasteiger partial charge in [-0.2, -0.15) is 0 Å². The van der Waals surface area contributed by atoms with Crippen LogP contribution in [0.15, 0.2) is 108 Å². The predicted molar refractivity (Wildman–Crippen MR) is 153 cm³/mol. The van der Waals surface area contributed by atoms with Crippen molar-refractivity contribution in [3.05, 3.63) is 121 Å². The van der Waals surface area contributed by atoms with Gasteiger partial charge in [-0.15, -0.1) is 0 Å². The van der Waals surface area contributed by atoms with E-state index in [1.54, 1.807) is 18.3 Å². The molecular formula is C31H25FN4O2S. The summed E-state index contributed by atoms with van der Waals surface area (Å²) < 4.78 is 19.7. The van der Waals surface area contributed by atoms with Crippen LogP contribution < -0.4 is 10.6 Å². The number of furan rings is 1. The van der Waals surface area contributed by atoms with Crippen LogP contribution in [0.3, 0.4) is 0 Å². The summed E-state index contributed by atoms with van der Waals surface area (Å²) in [6.45, 7) is 0.378. The average molecular weight is 537 g/mol. The van der Waals surface area contributed by atoms with Gasteiger partial charge in [0.25, 0.3) is 0 Å². The first kappa shape index (κ1) is 24.8. The van der Waals surface area contributed by atoms with E-state index >= 15 is 0 Å². The second kappa shape index (κ2) is 10.7. The number of thiocarbonyl (C=S) groups is 1. The minimum atomic E-state index is -0.327. The molecule has 6 rings (SSSR count). The zero-order chi connectivity index (χ0) is 26.8. The third kappa shape index (κ3) is 5.11. The molecule has 0 saturated carbocycles. The highest BCUT2D eigenvalue weighted by Gasteiger charge is 2.41. The van der Waals surface area contributed by atoms with Crippen LogP contribution in [0, 0.1) is 5.82 Å². The van der Waals surface area contributed by atoms with Crippen LogP contribution in [-0.4, -0.2) is 27.4 Å². The fraction of sp³-hybridized carbons (Fsp3) is 0.129. The van der Waals surface area contributed by atoms with Crippen molar-refractivity contribution in [3.63, 3.8) is 0 Å². The normalized spacial score (nSPS) is 16.8. The quantitative estimate of drug-likeness (QED) is 0.228. The van der Waals surface area contributed by atoms with Crippen LogP contribution in [0.25, 0.3) is 22.1 Å². The standard InChI is InChI=1S/C31H25FN4O2S/c32-22-13-11-21(12-14-22)26-15-16-27(38-26)30-29(25-9-3-4-18-33-25)35-31(39)36(30)19-17-28(37)34-24-10-5-7-20-6-1-2-8-23(20)24/h1-16,18,29-30H,17,19H2,(H,34,37)(H,35,39)/t29-,30+/m0/s1. The molecule has 0 spiro atoms. The van der Waals surface area contributed by atoms with E-state index in [2.05, 4.69) is 15.6 Å². The summed E-state index contributed by atoms with van der Waals surface area (Å²) >= 11 is 5.73. The maximum atomic E-state index is 13.5. The molecule has 2 atom stereocenters. The first-order chi connectivity index (χ1) is 19.1. The Labute approximate surface area is 230 Å². The first-order valence-electron chi connectivity index (χ1n) is 12.7. The van der Waals surface area contributed by atoms with Gasteiger partial charge >= 0.3 is 0 Å². The number of carbonyl (C=O) groups is 1. The van der Waals surface area contributed by atoms with E-state index in [1.807, 2.05) is 77.7 Å². The van der Waals surface area contributed by atoms with Crippen LogP contribution in [0.5, 0.6) is 0 Å². The van der Waals surface area contributed by atoms with E-state index < -0.39 is 0 Å². The molecule has 6 nitrogen and oxygen atoms in total. The highest BCUT2D eigenvalue weighted by atomic mass is 32.1. The molecular weight excluding hydrogens is 511 g/mol. The number of hydrogen-bond donors (Lipinski definition) is 2. The fourth-order valence-corrected chi connectivity index (χ4v) is 5.34. The van der Waals surface area contributed by atoms with Gasteiger partial charge in [0.05, 0.1) is 11.7 Å². The second-order valence-electron chi connectivity index (χ2n) is 9.35. The Balaban J connectivity index is 1.25. The van der Waals surface area contributed by atoms with Crippen LogP contribution >= 0.6 is 12.2 Å². The van der Waals surface area contributed by atoms with Crippen molar-refractivity contribution in [2.75, 3.05) is 11.9 Å². The number of hydrogen-bond acceptors (Lipinski definition) is 4. The maximum Gasteiger partial charge on any atom is 0.226 e. The van der Waals surface area contributed by atoms with E-state index in [4.69, 9.17) is 16.6 Å². The number of fused-ring (bicyclic) bond motifs is 1. The number of nitrogens with one attached hydrogen (secondary N) is 2. The van der Waals surface area contributed by atoms with Gasteiger partial charge in [0, 0.05) is 35.8 Å². The minimum Gasteiger partial charge on any atom is -0.459 e. The van der Waals surface area contributed by atoms with Gasteiger partial charge in [-0.3, -0.25) is 9.78 Å². The lowest BCUT2D eigenvalue weighted by atomic mass is 10.0. The SMILES string of the molecule is O=C(CCN1C(=S)N[C@@H](c2ccccn2)[C@H]1c1ccc(-c2ccc(F)cc2)o1)Nc1cccc2ccccc12. The van der Waals surface area contributed by atoms with Crippen molar-refractivity contribution in [2.45, 2.75) is 18.5 Å². The van der Waals surface area contributed by atoms with E-state index in [0.717, 1.165) is 27.7 Å². The molecule has 39 heavy (non-hydrogen) atoms. The Morgan fingerprint density at radius 3 is 2.59 bits per heavy atom. The third-order valence-electron chi connectivity index (χ3n) is 6.89. The summed E-state index contributed by atoms with van der Waals surface area (Å²) in [5.41, 5.74) is 2.36. The summed E-state index contributed by atoms with van der Waals surface area (Å²) in [7, 11) is 0. The molecule has 1 saturated heterocycles. The minimum absolute atomic E-state index is 0.111. The number of halogens is 1. The number of anilines is 1. The Morgan fingerprint density at radius 2 is 1.77 bits per heavy atom. The lowest BCUT2D eigenvalue weighted by Crippen LogP contribution is -2.32. The monoisotopic (exact) mass is 536 g/mol. The van der Waals surface area contributed by atoms with Crippen molar-refractivity contribution >= 4 is 39.7 Å². The van der Waals surface area contributed by atoms with E-state index in [1.165, 1.54) is 12.1 Å². The van der Waals surface area contributed by atoms with Gasteiger partial charge in [-0.25, -0.2) is 4.39 Å². The zero-order valence-corrected chi connectivity index (χ0v) is 21.7. The molecule has 2 N–H and O–H groups in total. The Hall–Kier alpha value is -4.56. The van der Waals surface area contributed by atoms with E-state index in [-0.39, 0.29) is 30.2 Å². The number of benzene rings is 3. The van der Waals surface area contributed by atoms with E-state index in [9.17, 15) is 9.18 Å². The second-order valence-corrected chi connectivity index (χ2v) is 9.74. The predicted octanol–water partition coefficient (Wildman–Crippen LogP) is 6.64. The van der Waals surface area contributed by atoms with Gasteiger partial charge in [0.2, 0.25) is 5.91 Å².